The molecule has 0 aromatic heterocycles. The number of sulfonamides is 1. The van der Waals surface area contributed by atoms with Gasteiger partial charge in [-0.05, 0) is 31.2 Å². The van der Waals surface area contributed by atoms with Crippen LogP contribution in [0.3, 0.4) is 0 Å². The summed E-state index contributed by atoms with van der Waals surface area (Å²) in [6.07, 6.45) is 6.30. The maximum atomic E-state index is 12.6. The first kappa shape index (κ1) is 16.9. The van der Waals surface area contributed by atoms with Crippen LogP contribution in [0.1, 0.15) is 59.3 Å². The molecule has 0 aromatic carbocycles. The third kappa shape index (κ3) is 5.79. The second-order valence-corrected chi connectivity index (χ2v) is 8.78. The lowest BCUT2D eigenvalue weighted by Gasteiger charge is -2.35. The topological polar surface area (TPSA) is 63.4 Å². The molecular weight excluding hydrogens is 260 g/mol. The molecule has 114 valence electrons. The molecule has 1 saturated carbocycles. The Balaban J connectivity index is 2.82. The molecule has 1 fully saturated rings. The molecule has 0 bridgehead atoms. The fourth-order valence-corrected chi connectivity index (χ4v) is 5.13. The van der Waals surface area contributed by atoms with Gasteiger partial charge in [0.25, 0.3) is 0 Å². The van der Waals surface area contributed by atoms with Crippen LogP contribution in [0.2, 0.25) is 0 Å². The van der Waals surface area contributed by atoms with Crippen LogP contribution in [-0.2, 0) is 10.0 Å². The van der Waals surface area contributed by atoms with E-state index in [1.165, 1.54) is 6.42 Å². The van der Waals surface area contributed by atoms with Gasteiger partial charge in [0, 0.05) is 12.6 Å². The summed E-state index contributed by atoms with van der Waals surface area (Å²) in [6.45, 7) is 7.07. The van der Waals surface area contributed by atoms with Gasteiger partial charge >= 0.3 is 0 Å². The van der Waals surface area contributed by atoms with Gasteiger partial charge in [-0.1, -0.05) is 40.0 Å². The molecule has 0 unspecified atom stereocenters. The molecule has 1 aliphatic carbocycles. The third-order valence-corrected chi connectivity index (χ3v) is 5.96. The number of hydrogen-bond acceptors (Lipinski definition) is 3. The Morgan fingerprint density at radius 2 is 1.74 bits per heavy atom. The van der Waals surface area contributed by atoms with Gasteiger partial charge in [-0.3, -0.25) is 0 Å². The molecule has 0 saturated heterocycles. The fraction of sp³-hybridized carbons (Fsp3) is 1.00. The van der Waals surface area contributed by atoms with Gasteiger partial charge in [0.1, 0.15) is 0 Å². The number of rotatable bonds is 6. The quantitative estimate of drug-likeness (QED) is 0.816. The summed E-state index contributed by atoms with van der Waals surface area (Å²) >= 11 is 0. The Hall–Kier alpha value is -0.130. The van der Waals surface area contributed by atoms with Gasteiger partial charge in [0.05, 0.1) is 5.75 Å². The Morgan fingerprint density at radius 3 is 2.21 bits per heavy atom. The molecular formula is C14H30N2O2S. The van der Waals surface area contributed by atoms with Crippen molar-refractivity contribution in [1.82, 2.24) is 4.31 Å². The normalized spacial score (nSPS) is 19.0. The maximum absolute atomic E-state index is 12.6. The van der Waals surface area contributed by atoms with E-state index in [0.29, 0.717) is 13.1 Å². The van der Waals surface area contributed by atoms with Crippen LogP contribution in [0.5, 0.6) is 0 Å². The van der Waals surface area contributed by atoms with Crippen molar-refractivity contribution in [2.45, 2.75) is 65.3 Å². The van der Waals surface area contributed by atoms with Crippen LogP contribution in [0.15, 0.2) is 0 Å². The highest BCUT2D eigenvalue weighted by molar-refractivity contribution is 7.89. The van der Waals surface area contributed by atoms with Gasteiger partial charge in [-0.15, -0.1) is 0 Å². The zero-order valence-corrected chi connectivity index (χ0v) is 13.5. The van der Waals surface area contributed by atoms with Crippen LogP contribution in [-0.4, -0.2) is 37.6 Å². The smallest absolute Gasteiger partial charge is 0.214 e. The number of hydrogen-bond donors (Lipinski definition) is 1. The van der Waals surface area contributed by atoms with E-state index in [4.69, 9.17) is 5.73 Å². The van der Waals surface area contributed by atoms with Crippen LogP contribution in [0.25, 0.3) is 0 Å². The van der Waals surface area contributed by atoms with E-state index in [2.05, 4.69) is 0 Å². The van der Waals surface area contributed by atoms with Gasteiger partial charge in [-0.25, -0.2) is 8.42 Å². The Bertz CT molecular complexity index is 354. The van der Waals surface area contributed by atoms with E-state index in [1.54, 1.807) is 4.31 Å². The second kappa shape index (κ2) is 7.04. The Labute approximate surface area is 118 Å². The minimum Gasteiger partial charge on any atom is -0.330 e. The van der Waals surface area contributed by atoms with Crippen molar-refractivity contribution in [3.8, 4) is 0 Å². The lowest BCUT2D eigenvalue weighted by Crippen LogP contribution is -2.45. The summed E-state index contributed by atoms with van der Waals surface area (Å²) in [7, 11) is -3.17. The average Bonchev–Trinajstić information content (AvgIpc) is 2.27. The van der Waals surface area contributed by atoms with E-state index in [1.807, 2.05) is 20.8 Å². The highest BCUT2D eigenvalue weighted by Crippen LogP contribution is 2.27. The fourth-order valence-electron chi connectivity index (χ4n) is 2.80. The lowest BCUT2D eigenvalue weighted by atomic mass is 9.95. The van der Waals surface area contributed by atoms with Crippen LogP contribution in [0, 0.1) is 5.41 Å². The summed E-state index contributed by atoms with van der Waals surface area (Å²) in [5.41, 5.74) is 5.36. The van der Waals surface area contributed by atoms with Crippen molar-refractivity contribution in [2.24, 2.45) is 11.1 Å². The lowest BCUT2D eigenvalue weighted by molar-refractivity contribution is 0.249. The van der Waals surface area contributed by atoms with Gasteiger partial charge in [0.2, 0.25) is 10.0 Å². The summed E-state index contributed by atoms with van der Waals surface area (Å²) in [4.78, 5) is 0. The van der Waals surface area contributed by atoms with E-state index in [-0.39, 0.29) is 17.2 Å². The molecule has 2 N–H and O–H groups in total. The van der Waals surface area contributed by atoms with Crippen molar-refractivity contribution in [1.29, 1.82) is 0 Å². The molecule has 5 heteroatoms. The average molecular weight is 290 g/mol. The molecule has 0 heterocycles. The summed E-state index contributed by atoms with van der Waals surface area (Å²) in [5.74, 6) is 0.223. The molecule has 0 spiro atoms. The molecule has 0 radical (unpaired) electrons. The maximum Gasteiger partial charge on any atom is 0.214 e. The Morgan fingerprint density at radius 1 is 1.16 bits per heavy atom. The van der Waals surface area contributed by atoms with E-state index in [9.17, 15) is 8.42 Å². The number of nitrogens with zero attached hydrogens (tertiary/aromatic N) is 1. The van der Waals surface area contributed by atoms with Crippen molar-refractivity contribution in [3.63, 3.8) is 0 Å². The van der Waals surface area contributed by atoms with Crippen LogP contribution in [0.4, 0.5) is 0 Å². The molecule has 1 aliphatic rings. The first-order chi connectivity index (χ1) is 8.76. The predicted molar refractivity (Wildman–Crippen MR) is 80.5 cm³/mol. The monoisotopic (exact) mass is 290 g/mol. The van der Waals surface area contributed by atoms with Crippen molar-refractivity contribution in [3.05, 3.63) is 0 Å². The molecule has 0 atom stereocenters. The highest BCUT2D eigenvalue weighted by atomic mass is 32.2. The summed E-state index contributed by atoms with van der Waals surface area (Å²) < 4.78 is 27.0. The molecule has 0 aromatic rings. The first-order valence-corrected chi connectivity index (χ1v) is 9.07. The molecule has 4 nitrogen and oxygen atoms in total. The van der Waals surface area contributed by atoms with Gasteiger partial charge in [0.15, 0.2) is 0 Å². The zero-order valence-electron chi connectivity index (χ0n) is 12.7. The third-order valence-electron chi connectivity index (χ3n) is 3.54. The zero-order chi connectivity index (χ0) is 14.5. The number of nitrogens with two attached hydrogens (primary N) is 1. The predicted octanol–water partition coefficient (Wildman–Crippen LogP) is 2.35. The minimum absolute atomic E-state index is 0.200. The van der Waals surface area contributed by atoms with Crippen LogP contribution >= 0.6 is 0 Å². The summed E-state index contributed by atoms with van der Waals surface area (Å²) in [6, 6.07) is 0.202. The van der Waals surface area contributed by atoms with Gasteiger partial charge in [-0.2, -0.15) is 4.31 Å². The standard InChI is InChI=1S/C14H30N2O2S/c1-14(2,3)12-19(17,18)16(11-7-10-15)13-8-5-4-6-9-13/h13H,4-12,15H2,1-3H3. The second-order valence-electron chi connectivity index (χ2n) is 6.86. The Kier molecular flexibility index (Phi) is 6.27. The van der Waals surface area contributed by atoms with E-state index >= 15 is 0 Å². The molecule has 0 amide bonds. The van der Waals surface area contributed by atoms with Crippen molar-refractivity contribution >= 4 is 10.0 Å². The largest absolute Gasteiger partial charge is 0.330 e. The van der Waals surface area contributed by atoms with Crippen LogP contribution < -0.4 is 5.73 Å². The molecule has 0 aliphatic heterocycles. The summed E-state index contributed by atoms with van der Waals surface area (Å²) in [5, 5.41) is 0. The molecule has 19 heavy (non-hydrogen) atoms. The SMILES string of the molecule is CC(C)(C)CS(=O)(=O)N(CCCN)C1CCCCC1. The van der Waals surface area contributed by atoms with E-state index in [0.717, 1.165) is 32.1 Å². The van der Waals surface area contributed by atoms with Gasteiger partial charge < -0.3 is 5.73 Å². The van der Waals surface area contributed by atoms with Crippen molar-refractivity contribution < 1.29 is 8.42 Å². The molecule has 1 rings (SSSR count). The van der Waals surface area contributed by atoms with Crippen molar-refractivity contribution in [2.75, 3.05) is 18.8 Å². The first-order valence-electron chi connectivity index (χ1n) is 7.46. The highest BCUT2D eigenvalue weighted by Gasteiger charge is 2.33. The van der Waals surface area contributed by atoms with E-state index < -0.39 is 10.0 Å². The minimum atomic E-state index is -3.17.